The van der Waals surface area contributed by atoms with Gasteiger partial charge < -0.3 is 0 Å². The summed E-state index contributed by atoms with van der Waals surface area (Å²) in [5.74, 6) is 0.637. The van der Waals surface area contributed by atoms with Gasteiger partial charge in [0.2, 0.25) is 0 Å². The number of rotatable bonds is 4. The highest BCUT2D eigenvalue weighted by Gasteiger charge is 2.49. The van der Waals surface area contributed by atoms with Crippen LogP contribution in [0.15, 0.2) is 161 Å². The molecule has 0 bridgehead atoms. The molecule has 1 aliphatic heterocycles. The zero-order valence-electron chi connectivity index (χ0n) is 23.8. The first-order chi connectivity index (χ1) is 21.2. The van der Waals surface area contributed by atoms with Gasteiger partial charge in [0, 0.05) is 26.3 Å². The maximum atomic E-state index is 5.04. The zero-order chi connectivity index (χ0) is 29.0. The standard InChI is InChI=1S/C40H28N2S/c1-26(39-41-35-21-11-7-17-31(35)38(42-39)28-14-4-3-5-15-28)24-25-29-27(2)40(32-18-8-6-16-30(29)32)33-19-9-12-22-36(33)43-37-23-13-10-20-34(37)40/h3-25H,1H2,2H3/b25-24-. The van der Waals surface area contributed by atoms with E-state index in [1.54, 1.807) is 0 Å². The summed E-state index contributed by atoms with van der Waals surface area (Å²) < 4.78 is 0. The Balaban J connectivity index is 1.29. The van der Waals surface area contributed by atoms with Crippen LogP contribution in [0.3, 0.4) is 0 Å². The van der Waals surface area contributed by atoms with Gasteiger partial charge in [-0.25, -0.2) is 9.97 Å². The van der Waals surface area contributed by atoms with Gasteiger partial charge in [-0.3, -0.25) is 0 Å². The second kappa shape index (κ2) is 10.1. The van der Waals surface area contributed by atoms with Crippen LogP contribution in [-0.2, 0) is 5.41 Å². The molecule has 0 N–H and O–H groups in total. The van der Waals surface area contributed by atoms with Crippen molar-refractivity contribution in [2.75, 3.05) is 0 Å². The summed E-state index contributed by atoms with van der Waals surface area (Å²) in [5.41, 5.74) is 11.1. The molecule has 1 spiro atoms. The number of hydrogen-bond donors (Lipinski definition) is 0. The molecule has 0 atom stereocenters. The van der Waals surface area contributed by atoms with Crippen LogP contribution in [0, 0.1) is 0 Å². The van der Waals surface area contributed by atoms with Crippen LogP contribution in [0.5, 0.6) is 0 Å². The quantitative estimate of drug-likeness (QED) is 0.198. The fraction of sp³-hybridized carbons (Fsp3) is 0.0500. The lowest BCUT2D eigenvalue weighted by molar-refractivity contribution is 0.701. The molecule has 2 heterocycles. The second-order valence-electron chi connectivity index (χ2n) is 11.1. The monoisotopic (exact) mass is 568 g/mol. The van der Waals surface area contributed by atoms with Crippen molar-refractivity contribution in [3.8, 4) is 11.3 Å². The summed E-state index contributed by atoms with van der Waals surface area (Å²) in [5, 5.41) is 1.03. The predicted molar refractivity (Wildman–Crippen MR) is 179 cm³/mol. The lowest BCUT2D eigenvalue weighted by Crippen LogP contribution is -2.32. The summed E-state index contributed by atoms with van der Waals surface area (Å²) in [6.07, 6.45) is 4.31. The lowest BCUT2D eigenvalue weighted by Gasteiger charge is -2.40. The molecular formula is C40H28N2S. The Hall–Kier alpha value is -4.99. The largest absolute Gasteiger partial charge is 0.228 e. The van der Waals surface area contributed by atoms with E-state index in [2.05, 4.69) is 117 Å². The summed E-state index contributed by atoms with van der Waals surface area (Å²) in [6, 6.07) is 45.1. The minimum Gasteiger partial charge on any atom is -0.228 e. The van der Waals surface area contributed by atoms with Crippen LogP contribution < -0.4 is 0 Å². The number of fused-ring (bicyclic) bond motifs is 7. The molecule has 3 heteroatoms. The number of hydrogen-bond acceptors (Lipinski definition) is 3. The Labute approximate surface area is 256 Å². The molecule has 2 aliphatic rings. The first kappa shape index (κ1) is 25.7. The molecule has 8 rings (SSSR count). The fourth-order valence-electron chi connectivity index (χ4n) is 6.85. The predicted octanol–water partition coefficient (Wildman–Crippen LogP) is 10.2. The second-order valence-corrected chi connectivity index (χ2v) is 12.1. The number of allylic oxidation sites excluding steroid dienone is 5. The van der Waals surface area contributed by atoms with E-state index in [9.17, 15) is 0 Å². The molecular weight excluding hydrogens is 541 g/mol. The third kappa shape index (κ3) is 3.89. The highest BCUT2D eigenvalue weighted by atomic mass is 32.2. The van der Waals surface area contributed by atoms with E-state index >= 15 is 0 Å². The van der Waals surface area contributed by atoms with Gasteiger partial charge in [-0.2, -0.15) is 0 Å². The molecule has 5 aromatic carbocycles. The van der Waals surface area contributed by atoms with E-state index in [-0.39, 0.29) is 5.41 Å². The maximum absolute atomic E-state index is 5.04. The van der Waals surface area contributed by atoms with Gasteiger partial charge in [0.05, 0.1) is 16.6 Å². The van der Waals surface area contributed by atoms with E-state index < -0.39 is 0 Å². The van der Waals surface area contributed by atoms with Crippen LogP contribution in [-0.4, -0.2) is 9.97 Å². The topological polar surface area (TPSA) is 25.8 Å². The molecule has 6 aromatic rings. The summed E-state index contributed by atoms with van der Waals surface area (Å²) in [4.78, 5) is 12.6. The fourth-order valence-corrected chi connectivity index (χ4v) is 8.04. The molecule has 0 unspecified atom stereocenters. The molecule has 2 nitrogen and oxygen atoms in total. The molecule has 0 amide bonds. The molecule has 204 valence electrons. The van der Waals surface area contributed by atoms with Crippen molar-refractivity contribution in [2.24, 2.45) is 0 Å². The van der Waals surface area contributed by atoms with Gasteiger partial charge in [0.1, 0.15) is 0 Å². The van der Waals surface area contributed by atoms with Crippen LogP contribution in [0.25, 0.3) is 33.3 Å². The van der Waals surface area contributed by atoms with Gasteiger partial charge in [0.25, 0.3) is 0 Å². The number of benzene rings is 5. The summed E-state index contributed by atoms with van der Waals surface area (Å²) >= 11 is 1.87. The summed E-state index contributed by atoms with van der Waals surface area (Å²) in [7, 11) is 0. The van der Waals surface area contributed by atoms with Crippen molar-refractivity contribution in [3.63, 3.8) is 0 Å². The number of nitrogens with zero attached hydrogens (tertiary/aromatic N) is 2. The van der Waals surface area contributed by atoms with E-state index in [1.807, 2.05) is 48.2 Å². The molecule has 0 radical (unpaired) electrons. The van der Waals surface area contributed by atoms with E-state index in [4.69, 9.17) is 9.97 Å². The lowest BCUT2D eigenvalue weighted by atomic mass is 9.67. The molecule has 1 aliphatic carbocycles. The van der Waals surface area contributed by atoms with Crippen LogP contribution in [0.1, 0.15) is 35.0 Å². The Morgan fingerprint density at radius 1 is 0.674 bits per heavy atom. The normalized spacial score (nSPS) is 14.6. The van der Waals surface area contributed by atoms with Crippen LogP contribution >= 0.6 is 11.8 Å². The van der Waals surface area contributed by atoms with Crippen molar-refractivity contribution < 1.29 is 0 Å². The molecule has 0 saturated carbocycles. The third-order valence-electron chi connectivity index (χ3n) is 8.78. The smallest absolute Gasteiger partial charge is 0.159 e. The van der Waals surface area contributed by atoms with Crippen LogP contribution in [0.4, 0.5) is 0 Å². The van der Waals surface area contributed by atoms with Gasteiger partial charge in [-0.05, 0) is 58.5 Å². The highest BCUT2D eigenvalue weighted by Crippen LogP contribution is 2.61. The Bertz CT molecular complexity index is 2090. The minimum atomic E-state index is -0.351. The number of para-hydroxylation sites is 1. The molecule has 0 fully saturated rings. The van der Waals surface area contributed by atoms with E-state index in [0.29, 0.717) is 5.82 Å². The minimum absolute atomic E-state index is 0.351. The first-order valence-corrected chi connectivity index (χ1v) is 15.4. The number of aromatic nitrogens is 2. The van der Waals surface area contributed by atoms with Crippen LogP contribution in [0.2, 0.25) is 0 Å². The zero-order valence-corrected chi connectivity index (χ0v) is 24.6. The first-order valence-electron chi connectivity index (χ1n) is 14.5. The van der Waals surface area contributed by atoms with Crippen molar-refractivity contribution in [3.05, 3.63) is 180 Å². The van der Waals surface area contributed by atoms with Gasteiger partial charge in [-0.1, -0.05) is 140 Å². The molecule has 0 saturated heterocycles. The molecule has 43 heavy (non-hydrogen) atoms. The molecule has 1 aromatic heterocycles. The van der Waals surface area contributed by atoms with Crippen molar-refractivity contribution in [1.82, 2.24) is 9.97 Å². The Morgan fingerprint density at radius 2 is 1.28 bits per heavy atom. The maximum Gasteiger partial charge on any atom is 0.159 e. The van der Waals surface area contributed by atoms with Gasteiger partial charge in [0.15, 0.2) is 5.82 Å². The van der Waals surface area contributed by atoms with Crippen molar-refractivity contribution >= 4 is 33.8 Å². The van der Waals surface area contributed by atoms with E-state index in [0.717, 1.165) is 27.7 Å². The van der Waals surface area contributed by atoms with Crippen molar-refractivity contribution in [1.29, 1.82) is 0 Å². The average Bonchev–Trinajstić information content (AvgIpc) is 3.31. The van der Waals surface area contributed by atoms with Crippen molar-refractivity contribution in [2.45, 2.75) is 22.1 Å². The van der Waals surface area contributed by atoms with Gasteiger partial charge in [-0.15, -0.1) is 0 Å². The van der Waals surface area contributed by atoms with Gasteiger partial charge >= 0.3 is 0 Å². The third-order valence-corrected chi connectivity index (χ3v) is 9.93. The summed E-state index contributed by atoms with van der Waals surface area (Å²) in [6.45, 7) is 6.74. The van der Waals surface area contributed by atoms with E-state index in [1.165, 1.54) is 43.2 Å². The average molecular weight is 569 g/mol. The SMILES string of the molecule is C=C(/C=C\C1=C(C)C2(c3ccccc3Sc3ccccc32)c2ccccc21)c1nc(-c2ccccc2)c2ccccc2n1. The highest BCUT2D eigenvalue weighted by molar-refractivity contribution is 7.99. The Morgan fingerprint density at radius 3 is 2.02 bits per heavy atom. The Kier molecular flexibility index (Phi) is 6.02.